The predicted molar refractivity (Wildman–Crippen MR) is 90.4 cm³/mol. The normalized spacial score (nSPS) is 23.5. The van der Waals surface area contributed by atoms with Crippen LogP contribution in [0.25, 0.3) is 0 Å². The summed E-state index contributed by atoms with van der Waals surface area (Å²) in [7, 11) is 0. The molecule has 1 aliphatic heterocycles. The van der Waals surface area contributed by atoms with Gasteiger partial charge in [0.1, 0.15) is 6.04 Å². The number of nitrogens with one attached hydrogen (secondary N) is 1. The second kappa shape index (κ2) is 8.49. The quantitative estimate of drug-likeness (QED) is 0.778. The molecular formula is C18H30N2O4. The van der Waals surface area contributed by atoms with Crippen LogP contribution in [0.4, 0.5) is 0 Å². The van der Waals surface area contributed by atoms with Gasteiger partial charge in [-0.15, -0.1) is 0 Å². The van der Waals surface area contributed by atoms with Crippen molar-refractivity contribution in [2.24, 2.45) is 5.41 Å². The van der Waals surface area contributed by atoms with Crippen molar-refractivity contribution in [2.75, 3.05) is 13.1 Å². The first-order chi connectivity index (χ1) is 11.5. The lowest BCUT2D eigenvalue weighted by molar-refractivity contribution is -0.151. The number of rotatable bonds is 6. The molecule has 0 aromatic rings. The molecule has 24 heavy (non-hydrogen) atoms. The van der Waals surface area contributed by atoms with Crippen LogP contribution in [0, 0.1) is 5.41 Å². The fourth-order valence-electron chi connectivity index (χ4n) is 3.93. The first-order valence-electron chi connectivity index (χ1n) is 9.31. The Balaban J connectivity index is 1.98. The number of carbonyl (C=O) groups is 3. The van der Waals surface area contributed by atoms with Crippen molar-refractivity contribution in [2.45, 2.75) is 77.2 Å². The van der Waals surface area contributed by atoms with E-state index in [4.69, 9.17) is 0 Å². The molecule has 2 rings (SSSR count). The van der Waals surface area contributed by atoms with E-state index in [1.165, 1.54) is 0 Å². The van der Waals surface area contributed by atoms with Gasteiger partial charge in [0, 0.05) is 19.5 Å². The number of nitrogens with zero attached hydrogens (tertiary/aromatic N) is 1. The van der Waals surface area contributed by atoms with Crippen molar-refractivity contribution in [3.63, 3.8) is 0 Å². The molecule has 2 amide bonds. The molecule has 136 valence electrons. The fourth-order valence-corrected chi connectivity index (χ4v) is 3.93. The average Bonchev–Trinajstić information content (AvgIpc) is 2.60. The summed E-state index contributed by atoms with van der Waals surface area (Å²) >= 11 is 0. The molecule has 1 saturated carbocycles. The van der Waals surface area contributed by atoms with Crippen LogP contribution in [0.1, 0.15) is 71.1 Å². The van der Waals surface area contributed by atoms with Crippen molar-refractivity contribution in [1.82, 2.24) is 10.2 Å². The lowest BCUT2D eigenvalue weighted by Gasteiger charge is -2.37. The topological polar surface area (TPSA) is 86.7 Å². The third-order valence-electron chi connectivity index (χ3n) is 5.46. The molecule has 0 aromatic carbocycles. The molecule has 6 heteroatoms. The van der Waals surface area contributed by atoms with E-state index < -0.39 is 17.4 Å². The van der Waals surface area contributed by atoms with Gasteiger partial charge >= 0.3 is 5.97 Å². The summed E-state index contributed by atoms with van der Waals surface area (Å²) in [6.07, 6.45) is 7.84. The van der Waals surface area contributed by atoms with E-state index >= 15 is 0 Å². The van der Waals surface area contributed by atoms with E-state index in [1.807, 2.05) is 6.92 Å². The van der Waals surface area contributed by atoms with Crippen LogP contribution in [0.2, 0.25) is 0 Å². The highest BCUT2D eigenvalue weighted by atomic mass is 16.4. The molecular weight excluding hydrogens is 308 g/mol. The van der Waals surface area contributed by atoms with E-state index in [-0.39, 0.29) is 18.4 Å². The lowest BCUT2D eigenvalue weighted by atomic mass is 9.74. The molecule has 1 saturated heterocycles. The van der Waals surface area contributed by atoms with Crippen LogP contribution >= 0.6 is 0 Å². The third kappa shape index (κ3) is 4.28. The smallest absolute Gasteiger partial charge is 0.311 e. The Morgan fingerprint density at radius 3 is 2.46 bits per heavy atom. The third-order valence-corrected chi connectivity index (χ3v) is 5.46. The zero-order valence-electron chi connectivity index (χ0n) is 14.7. The molecule has 1 heterocycles. The molecule has 1 unspecified atom stereocenters. The van der Waals surface area contributed by atoms with Gasteiger partial charge in [0.25, 0.3) is 0 Å². The van der Waals surface area contributed by atoms with Gasteiger partial charge in [-0.05, 0) is 38.5 Å². The summed E-state index contributed by atoms with van der Waals surface area (Å²) < 4.78 is 0. The van der Waals surface area contributed by atoms with Crippen molar-refractivity contribution in [1.29, 1.82) is 0 Å². The van der Waals surface area contributed by atoms with E-state index in [0.717, 1.165) is 38.5 Å². The summed E-state index contributed by atoms with van der Waals surface area (Å²) in [5.74, 6) is -0.974. The van der Waals surface area contributed by atoms with Gasteiger partial charge in [0.15, 0.2) is 0 Å². The number of piperidine rings is 1. The molecule has 0 spiro atoms. The highest BCUT2D eigenvalue weighted by molar-refractivity contribution is 5.88. The number of carboxylic acids is 1. The van der Waals surface area contributed by atoms with Gasteiger partial charge in [-0.2, -0.15) is 0 Å². The van der Waals surface area contributed by atoms with Crippen molar-refractivity contribution in [3.05, 3.63) is 0 Å². The zero-order chi connectivity index (χ0) is 17.6. The summed E-state index contributed by atoms with van der Waals surface area (Å²) in [6, 6.07) is -0.438. The second-order valence-electron chi connectivity index (χ2n) is 7.21. The van der Waals surface area contributed by atoms with E-state index in [2.05, 4.69) is 5.32 Å². The van der Waals surface area contributed by atoms with Crippen molar-refractivity contribution < 1.29 is 19.5 Å². The maximum Gasteiger partial charge on any atom is 0.311 e. The Labute approximate surface area is 144 Å². The molecule has 1 aliphatic carbocycles. The van der Waals surface area contributed by atoms with E-state index in [1.54, 1.807) is 4.90 Å². The monoisotopic (exact) mass is 338 g/mol. The SMILES string of the molecule is CCCC(=O)N1CCCCC1C(=O)NCC1(C(=O)O)CCCCC1. The Kier molecular flexibility index (Phi) is 6.63. The van der Waals surface area contributed by atoms with Crippen LogP contribution < -0.4 is 5.32 Å². The average molecular weight is 338 g/mol. The standard InChI is InChI=1S/C18H30N2O4/c1-2-8-15(21)20-12-7-4-9-14(20)16(22)19-13-18(17(23)24)10-5-3-6-11-18/h14H,2-13H2,1H3,(H,19,22)(H,23,24). The number of carboxylic acid groups (broad SMARTS) is 1. The van der Waals surface area contributed by atoms with E-state index in [9.17, 15) is 19.5 Å². The van der Waals surface area contributed by atoms with Gasteiger partial charge < -0.3 is 15.3 Å². The summed E-state index contributed by atoms with van der Waals surface area (Å²) in [6.45, 7) is 2.76. The highest BCUT2D eigenvalue weighted by Crippen LogP contribution is 2.36. The molecule has 2 N–H and O–H groups in total. The fraction of sp³-hybridized carbons (Fsp3) is 0.833. The molecule has 2 fully saturated rings. The minimum atomic E-state index is -0.833. The van der Waals surface area contributed by atoms with Gasteiger partial charge in [-0.25, -0.2) is 0 Å². The second-order valence-corrected chi connectivity index (χ2v) is 7.21. The minimum Gasteiger partial charge on any atom is -0.481 e. The van der Waals surface area contributed by atoms with Crippen molar-refractivity contribution in [3.8, 4) is 0 Å². The molecule has 2 aliphatic rings. The zero-order valence-corrected chi connectivity index (χ0v) is 14.7. The number of aliphatic carboxylic acids is 1. The van der Waals surface area contributed by atoms with E-state index in [0.29, 0.717) is 32.2 Å². The summed E-state index contributed by atoms with van der Waals surface area (Å²) in [4.78, 5) is 38.3. The molecule has 0 aromatic heterocycles. The predicted octanol–water partition coefficient (Wildman–Crippen LogP) is 2.32. The largest absolute Gasteiger partial charge is 0.481 e. The van der Waals surface area contributed by atoms with Gasteiger partial charge in [0.2, 0.25) is 11.8 Å². The highest BCUT2D eigenvalue weighted by Gasteiger charge is 2.41. The Hall–Kier alpha value is -1.59. The first kappa shape index (κ1) is 18.7. The number of amides is 2. The molecule has 0 radical (unpaired) electrons. The number of carbonyl (C=O) groups excluding carboxylic acids is 2. The Morgan fingerprint density at radius 2 is 1.83 bits per heavy atom. The number of hydrogen-bond acceptors (Lipinski definition) is 3. The number of likely N-dealkylation sites (tertiary alicyclic amines) is 1. The summed E-state index contributed by atoms with van der Waals surface area (Å²) in [5, 5.41) is 12.5. The van der Waals surface area contributed by atoms with Crippen LogP contribution in [0.5, 0.6) is 0 Å². The van der Waals surface area contributed by atoms with Gasteiger partial charge in [0.05, 0.1) is 5.41 Å². The van der Waals surface area contributed by atoms with Crippen molar-refractivity contribution >= 4 is 17.8 Å². The minimum absolute atomic E-state index is 0.0305. The Bertz CT molecular complexity index is 472. The molecule has 1 atom stereocenters. The number of hydrogen-bond donors (Lipinski definition) is 2. The van der Waals surface area contributed by atoms with Gasteiger partial charge in [-0.1, -0.05) is 26.2 Å². The van der Waals surface area contributed by atoms with Crippen LogP contribution in [0.15, 0.2) is 0 Å². The van der Waals surface area contributed by atoms with Crippen LogP contribution in [0.3, 0.4) is 0 Å². The van der Waals surface area contributed by atoms with Crippen LogP contribution in [-0.2, 0) is 14.4 Å². The maximum absolute atomic E-state index is 12.6. The molecule has 6 nitrogen and oxygen atoms in total. The summed E-state index contributed by atoms with van der Waals surface area (Å²) in [5.41, 5.74) is -0.833. The first-order valence-corrected chi connectivity index (χ1v) is 9.31. The lowest BCUT2D eigenvalue weighted by Crippen LogP contribution is -2.54. The maximum atomic E-state index is 12.6. The molecule has 0 bridgehead atoms. The Morgan fingerprint density at radius 1 is 1.12 bits per heavy atom. The van der Waals surface area contributed by atoms with Gasteiger partial charge in [-0.3, -0.25) is 14.4 Å². The van der Waals surface area contributed by atoms with Crippen LogP contribution in [-0.4, -0.2) is 46.9 Å².